The summed E-state index contributed by atoms with van der Waals surface area (Å²) in [6, 6.07) is 2.91. The summed E-state index contributed by atoms with van der Waals surface area (Å²) in [5.41, 5.74) is -0.0630. The van der Waals surface area contributed by atoms with Gasteiger partial charge in [-0.25, -0.2) is 4.98 Å². The summed E-state index contributed by atoms with van der Waals surface area (Å²) in [5.74, 6) is 1.17. The maximum absolute atomic E-state index is 10.8. The highest BCUT2D eigenvalue weighted by Gasteiger charge is 2.14. The average Bonchev–Trinajstić information content (AvgIpc) is 2.88. The Labute approximate surface area is 114 Å². The smallest absolute Gasteiger partial charge is 0.311 e. The van der Waals surface area contributed by atoms with Gasteiger partial charge < -0.3 is 14.7 Å². The highest BCUT2D eigenvalue weighted by atomic mass is 16.6. The van der Waals surface area contributed by atoms with Crippen molar-refractivity contribution in [2.45, 2.75) is 6.42 Å². The molecular weight excluding hydrogens is 264 g/mol. The van der Waals surface area contributed by atoms with Crippen LogP contribution in [0.1, 0.15) is 5.89 Å². The number of rotatable bonds is 6. The van der Waals surface area contributed by atoms with Crippen LogP contribution in [0, 0.1) is 10.1 Å². The number of hydrogen-bond acceptors (Lipinski definition) is 8. The molecule has 2 rings (SSSR count). The second-order valence-corrected chi connectivity index (χ2v) is 4.19. The van der Waals surface area contributed by atoms with Crippen LogP contribution in [0.25, 0.3) is 0 Å². The van der Waals surface area contributed by atoms with E-state index in [9.17, 15) is 10.1 Å². The molecule has 0 aliphatic rings. The zero-order valence-electron chi connectivity index (χ0n) is 11.1. The normalized spacial score (nSPS) is 10.3. The van der Waals surface area contributed by atoms with Crippen LogP contribution in [0.15, 0.2) is 22.9 Å². The highest BCUT2D eigenvalue weighted by molar-refractivity contribution is 5.54. The first kappa shape index (κ1) is 13.7. The summed E-state index contributed by atoms with van der Waals surface area (Å²) in [5, 5.41) is 17.5. The molecule has 0 aliphatic heterocycles. The molecule has 0 saturated carbocycles. The number of nitro groups is 1. The zero-order valence-corrected chi connectivity index (χ0v) is 11.1. The van der Waals surface area contributed by atoms with Crippen molar-refractivity contribution in [2.75, 3.05) is 30.9 Å². The van der Waals surface area contributed by atoms with E-state index in [0.717, 1.165) is 0 Å². The number of pyridine rings is 1. The molecule has 0 aliphatic carbocycles. The van der Waals surface area contributed by atoms with Crippen LogP contribution in [0.4, 0.5) is 17.5 Å². The van der Waals surface area contributed by atoms with Gasteiger partial charge in [0.2, 0.25) is 11.7 Å². The van der Waals surface area contributed by atoms with Gasteiger partial charge in [0, 0.05) is 39.3 Å². The zero-order chi connectivity index (χ0) is 14.5. The molecule has 9 nitrogen and oxygen atoms in total. The van der Waals surface area contributed by atoms with Crippen molar-refractivity contribution in [3.63, 3.8) is 0 Å². The molecule has 0 radical (unpaired) electrons. The number of hydrogen-bond donors (Lipinski definition) is 1. The first-order chi connectivity index (χ1) is 9.58. The monoisotopic (exact) mass is 278 g/mol. The van der Waals surface area contributed by atoms with Crippen molar-refractivity contribution in [1.82, 2.24) is 15.1 Å². The number of nitrogens with zero attached hydrogens (tertiary/aromatic N) is 5. The van der Waals surface area contributed by atoms with Crippen molar-refractivity contribution in [1.29, 1.82) is 0 Å². The van der Waals surface area contributed by atoms with Crippen LogP contribution in [0.3, 0.4) is 0 Å². The van der Waals surface area contributed by atoms with E-state index in [2.05, 4.69) is 20.4 Å². The molecule has 2 heterocycles. The second-order valence-electron chi connectivity index (χ2n) is 4.19. The van der Waals surface area contributed by atoms with E-state index >= 15 is 0 Å². The van der Waals surface area contributed by atoms with Gasteiger partial charge in [0.05, 0.1) is 4.92 Å². The van der Waals surface area contributed by atoms with Crippen LogP contribution in [-0.2, 0) is 6.42 Å². The van der Waals surface area contributed by atoms with E-state index in [0.29, 0.717) is 24.8 Å². The number of anilines is 2. The van der Waals surface area contributed by atoms with Crippen molar-refractivity contribution in [3.05, 3.63) is 34.3 Å². The molecule has 20 heavy (non-hydrogen) atoms. The van der Waals surface area contributed by atoms with E-state index in [4.69, 9.17) is 4.52 Å². The number of nitrogens with one attached hydrogen (secondary N) is 1. The van der Waals surface area contributed by atoms with Crippen molar-refractivity contribution >= 4 is 17.5 Å². The fraction of sp³-hybridized carbons (Fsp3) is 0.364. The van der Waals surface area contributed by atoms with E-state index in [1.54, 1.807) is 4.90 Å². The minimum absolute atomic E-state index is 0.0630. The first-order valence-electron chi connectivity index (χ1n) is 5.91. The van der Waals surface area contributed by atoms with Gasteiger partial charge in [-0.2, -0.15) is 4.98 Å². The average molecular weight is 278 g/mol. The molecular formula is C11H14N6O3. The molecule has 2 aromatic heterocycles. The van der Waals surface area contributed by atoms with Crippen molar-refractivity contribution < 1.29 is 9.45 Å². The molecule has 106 valence electrons. The second kappa shape index (κ2) is 5.95. The van der Waals surface area contributed by atoms with Gasteiger partial charge in [-0.3, -0.25) is 10.1 Å². The lowest BCUT2D eigenvalue weighted by Gasteiger charge is -2.04. The molecule has 0 amide bonds. The summed E-state index contributed by atoms with van der Waals surface area (Å²) >= 11 is 0. The molecule has 1 N–H and O–H groups in total. The lowest BCUT2D eigenvalue weighted by molar-refractivity contribution is -0.384. The quantitative estimate of drug-likeness (QED) is 0.617. The molecule has 0 bridgehead atoms. The maximum atomic E-state index is 10.8. The van der Waals surface area contributed by atoms with E-state index in [-0.39, 0.29) is 11.5 Å². The molecule has 0 spiro atoms. The molecule has 2 aromatic rings. The van der Waals surface area contributed by atoms with Gasteiger partial charge in [-0.1, -0.05) is 0 Å². The summed E-state index contributed by atoms with van der Waals surface area (Å²) < 4.78 is 5.04. The molecule has 0 fully saturated rings. The van der Waals surface area contributed by atoms with Gasteiger partial charge in [0.25, 0.3) is 5.95 Å². The third kappa shape index (κ3) is 3.19. The number of aromatic nitrogens is 3. The van der Waals surface area contributed by atoms with Crippen molar-refractivity contribution in [3.8, 4) is 0 Å². The minimum Gasteiger partial charge on any atom is -0.364 e. The Hall–Kier alpha value is -2.71. The largest absolute Gasteiger partial charge is 0.364 e. The fourth-order valence-electron chi connectivity index (χ4n) is 1.50. The summed E-state index contributed by atoms with van der Waals surface area (Å²) in [6.45, 7) is 0.410. The predicted molar refractivity (Wildman–Crippen MR) is 71.7 cm³/mol. The van der Waals surface area contributed by atoms with Gasteiger partial charge in [-0.05, 0) is 11.2 Å². The Balaban J connectivity index is 1.94. The van der Waals surface area contributed by atoms with Crippen LogP contribution in [-0.4, -0.2) is 40.7 Å². The van der Waals surface area contributed by atoms with E-state index < -0.39 is 4.92 Å². The summed E-state index contributed by atoms with van der Waals surface area (Å²) in [4.78, 5) is 20.1. The molecule has 9 heteroatoms. The van der Waals surface area contributed by atoms with E-state index in [1.807, 2.05) is 14.1 Å². The third-order valence-electron chi connectivity index (χ3n) is 2.47. The van der Waals surface area contributed by atoms with Gasteiger partial charge in [0.15, 0.2) is 0 Å². The molecule has 0 aromatic carbocycles. The Bertz CT molecular complexity index is 597. The van der Waals surface area contributed by atoms with Crippen LogP contribution < -0.4 is 10.2 Å². The Morgan fingerprint density at radius 3 is 2.95 bits per heavy atom. The molecule has 0 atom stereocenters. The topological polar surface area (TPSA) is 110 Å². The van der Waals surface area contributed by atoms with E-state index in [1.165, 1.54) is 18.3 Å². The first-order valence-corrected chi connectivity index (χ1v) is 5.91. The minimum atomic E-state index is -0.480. The molecule has 0 saturated heterocycles. The maximum Gasteiger partial charge on any atom is 0.311 e. The van der Waals surface area contributed by atoms with Crippen LogP contribution in [0.2, 0.25) is 0 Å². The lowest BCUT2D eigenvalue weighted by Crippen LogP contribution is -2.11. The lowest BCUT2D eigenvalue weighted by atomic mass is 10.3. The highest BCUT2D eigenvalue weighted by Crippen LogP contribution is 2.20. The van der Waals surface area contributed by atoms with Gasteiger partial charge in [0.1, 0.15) is 0 Å². The van der Waals surface area contributed by atoms with Gasteiger partial charge in [-0.15, -0.1) is 0 Å². The SMILES string of the molecule is CN(C)c1noc(CCNc2ncccc2[N+](=O)[O-])n1. The predicted octanol–water partition coefficient (Wildman–Crippen LogP) is 1.09. The van der Waals surface area contributed by atoms with Gasteiger partial charge >= 0.3 is 5.69 Å². The Morgan fingerprint density at radius 2 is 2.30 bits per heavy atom. The molecule has 0 unspecified atom stereocenters. The Morgan fingerprint density at radius 1 is 1.50 bits per heavy atom. The summed E-state index contributed by atoms with van der Waals surface area (Å²) in [7, 11) is 3.62. The van der Waals surface area contributed by atoms with Crippen molar-refractivity contribution in [2.24, 2.45) is 0 Å². The Kier molecular flexibility index (Phi) is 4.08. The fourth-order valence-corrected chi connectivity index (χ4v) is 1.50. The standard InChI is InChI=1S/C11H14N6O3/c1-16(2)11-14-9(20-15-11)5-7-13-10-8(17(18)19)4-3-6-12-10/h3-4,6H,5,7H2,1-2H3,(H,12,13). The third-order valence-corrected chi connectivity index (χ3v) is 2.47. The van der Waals surface area contributed by atoms with Crippen LogP contribution in [0.5, 0.6) is 0 Å². The summed E-state index contributed by atoms with van der Waals surface area (Å²) in [6.07, 6.45) is 1.95. The van der Waals surface area contributed by atoms with Crippen LogP contribution >= 0.6 is 0 Å².